The zero-order valence-corrected chi connectivity index (χ0v) is 16.6. The molecule has 0 aliphatic rings. The standard InChI is InChI=1S/C22H28N2O5/c1-28-19-12-8-9-17(15-19)16-29-20(13-6-3-7-14-21(25)24-27)22(26)23-18-10-4-2-5-11-18/h2,4-5,8-12,15,20,27H,3,6-7,13-14,16H2,1H3,(H,23,26)(H,24,25). The zero-order chi connectivity index (χ0) is 20.9. The number of hydrogen-bond donors (Lipinski definition) is 3. The van der Waals surface area contributed by atoms with Gasteiger partial charge in [0.15, 0.2) is 0 Å². The van der Waals surface area contributed by atoms with Gasteiger partial charge >= 0.3 is 0 Å². The molecule has 29 heavy (non-hydrogen) atoms. The summed E-state index contributed by atoms with van der Waals surface area (Å²) in [6, 6.07) is 16.8. The Kier molecular flexibility index (Phi) is 9.68. The molecule has 0 saturated carbocycles. The van der Waals surface area contributed by atoms with Crippen molar-refractivity contribution in [2.45, 2.75) is 44.8 Å². The second kappa shape index (κ2) is 12.5. The van der Waals surface area contributed by atoms with Gasteiger partial charge < -0.3 is 14.8 Å². The van der Waals surface area contributed by atoms with Gasteiger partial charge in [0.25, 0.3) is 5.91 Å². The number of rotatable bonds is 12. The maximum Gasteiger partial charge on any atom is 0.253 e. The van der Waals surface area contributed by atoms with Crippen molar-refractivity contribution in [1.82, 2.24) is 5.48 Å². The van der Waals surface area contributed by atoms with E-state index in [0.717, 1.165) is 24.2 Å². The van der Waals surface area contributed by atoms with E-state index in [9.17, 15) is 9.59 Å². The van der Waals surface area contributed by atoms with Crippen LogP contribution < -0.4 is 15.5 Å². The molecule has 1 atom stereocenters. The molecule has 0 fully saturated rings. The highest BCUT2D eigenvalue weighted by Gasteiger charge is 2.19. The van der Waals surface area contributed by atoms with Gasteiger partial charge in [0.1, 0.15) is 11.9 Å². The monoisotopic (exact) mass is 400 g/mol. The topological polar surface area (TPSA) is 96.9 Å². The van der Waals surface area contributed by atoms with Gasteiger partial charge in [-0.3, -0.25) is 14.8 Å². The third-order valence-electron chi connectivity index (χ3n) is 4.41. The molecule has 0 bridgehead atoms. The third kappa shape index (κ3) is 8.33. The molecule has 2 aromatic carbocycles. The van der Waals surface area contributed by atoms with E-state index in [4.69, 9.17) is 14.7 Å². The minimum Gasteiger partial charge on any atom is -0.497 e. The number of amides is 2. The maximum absolute atomic E-state index is 12.7. The summed E-state index contributed by atoms with van der Waals surface area (Å²) >= 11 is 0. The number of para-hydroxylation sites is 1. The molecular weight excluding hydrogens is 372 g/mol. The summed E-state index contributed by atoms with van der Waals surface area (Å²) in [4.78, 5) is 23.8. The Morgan fingerprint density at radius 2 is 1.83 bits per heavy atom. The first-order valence-corrected chi connectivity index (χ1v) is 9.65. The van der Waals surface area contributed by atoms with Gasteiger partial charge in [-0.2, -0.15) is 0 Å². The molecule has 156 valence electrons. The number of ether oxygens (including phenoxy) is 2. The third-order valence-corrected chi connectivity index (χ3v) is 4.41. The number of carbonyl (C=O) groups excluding carboxylic acids is 2. The molecule has 0 aromatic heterocycles. The Morgan fingerprint density at radius 1 is 1.03 bits per heavy atom. The highest BCUT2D eigenvalue weighted by Crippen LogP contribution is 2.17. The molecular formula is C22H28N2O5. The lowest BCUT2D eigenvalue weighted by molar-refractivity contribution is -0.130. The fraction of sp³-hybridized carbons (Fsp3) is 0.364. The van der Waals surface area contributed by atoms with Crippen molar-refractivity contribution in [3.63, 3.8) is 0 Å². The molecule has 2 rings (SSSR count). The van der Waals surface area contributed by atoms with E-state index in [-0.39, 0.29) is 18.9 Å². The van der Waals surface area contributed by atoms with Crippen LogP contribution in [0.25, 0.3) is 0 Å². The lowest BCUT2D eigenvalue weighted by Gasteiger charge is -2.18. The first kappa shape index (κ1) is 22.4. The quantitative estimate of drug-likeness (QED) is 0.287. The van der Waals surface area contributed by atoms with Gasteiger partial charge in [-0.25, -0.2) is 5.48 Å². The lowest BCUT2D eigenvalue weighted by atomic mass is 10.1. The second-order valence-electron chi connectivity index (χ2n) is 6.64. The Bertz CT molecular complexity index is 767. The van der Waals surface area contributed by atoms with Crippen LogP contribution in [0.5, 0.6) is 5.75 Å². The fourth-order valence-electron chi connectivity index (χ4n) is 2.84. The van der Waals surface area contributed by atoms with Crippen molar-refractivity contribution in [1.29, 1.82) is 0 Å². The van der Waals surface area contributed by atoms with Crippen molar-refractivity contribution in [2.75, 3.05) is 12.4 Å². The van der Waals surface area contributed by atoms with Crippen LogP contribution >= 0.6 is 0 Å². The molecule has 1 unspecified atom stereocenters. The molecule has 7 nitrogen and oxygen atoms in total. The molecule has 3 N–H and O–H groups in total. The second-order valence-corrected chi connectivity index (χ2v) is 6.64. The number of hydrogen-bond acceptors (Lipinski definition) is 5. The van der Waals surface area contributed by atoms with Crippen LogP contribution in [-0.4, -0.2) is 30.2 Å². The lowest BCUT2D eigenvalue weighted by Crippen LogP contribution is -2.30. The molecule has 0 aliphatic heterocycles. The van der Waals surface area contributed by atoms with Crippen LogP contribution in [0.15, 0.2) is 54.6 Å². The van der Waals surface area contributed by atoms with Gasteiger partial charge in [-0.05, 0) is 42.7 Å². The Hall–Kier alpha value is -2.90. The predicted molar refractivity (Wildman–Crippen MR) is 110 cm³/mol. The molecule has 2 amide bonds. The molecule has 0 radical (unpaired) electrons. The molecule has 0 spiro atoms. The maximum atomic E-state index is 12.7. The largest absolute Gasteiger partial charge is 0.497 e. The van der Waals surface area contributed by atoms with Crippen LogP contribution in [0.2, 0.25) is 0 Å². The van der Waals surface area contributed by atoms with E-state index in [0.29, 0.717) is 18.5 Å². The van der Waals surface area contributed by atoms with Crippen LogP contribution in [-0.2, 0) is 20.9 Å². The van der Waals surface area contributed by atoms with Crippen LogP contribution in [0.3, 0.4) is 0 Å². The molecule has 0 aliphatic carbocycles. The van der Waals surface area contributed by atoms with Gasteiger partial charge in [0, 0.05) is 12.1 Å². The van der Waals surface area contributed by atoms with Crippen LogP contribution in [0.1, 0.15) is 37.7 Å². The van der Waals surface area contributed by atoms with Gasteiger partial charge in [-0.1, -0.05) is 43.2 Å². The van der Waals surface area contributed by atoms with Crippen molar-refractivity contribution >= 4 is 17.5 Å². The number of benzene rings is 2. The van der Waals surface area contributed by atoms with E-state index in [1.54, 1.807) is 12.6 Å². The van der Waals surface area contributed by atoms with Crippen LogP contribution in [0, 0.1) is 0 Å². The Balaban J connectivity index is 1.92. The first-order valence-electron chi connectivity index (χ1n) is 9.65. The zero-order valence-electron chi connectivity index (χ0n) is 16.6. The minimum atomic E-state index is -0.618. The smallest absolute Gasteiger partial charge is 0.253 e. The van der Waals surface area contributed by atoms with Crippen molar-refractivity contribution in [3.05, 3.63) is 60.2 Å². The molecule has 0 heterocycles. The SMILES string of the molecule is COc1cccc(COC(CCCCCC(=O)NO)C(=O)Nc2ccccc2)c1. The van der Waals surface area contributed by atoms with Gasteiger partial charge in [-0.15, -0.1) is 0 Å². The molecule has 2 aromatic rings. The van der Waals surface area contributed by atoms with E-state index in [1.165, 1.54) is 0 Å². The summed E-state index contributed by atoms with van der Waals surface area (Å²) < 4.78 is 11.1. The summed E-state index contributed by atoms with van der Waals surface area (Å²) in [5.74, 6) is 0.128. The normalized spacial score (nSPS) is 11.5. The van der Waals surface area contributed by atoms with Gasteiger partial charge in [0.2, 0.25) is 5.91 Å². The number of anilines is 1. The average Bonchev–Trinajstić information content (AvgIpc) is 2.76. The van der Waals surface area contributed by atoms with E-state index in [2.05, 4.69) is 5.32 Å². The highest BCUT2D eigenvalue weighted by molar-refractivity contribution is 5.94. The summed E-state index contributed by atoms with van der Waals surface area (Å²) in [6.07, 6.45) is 2.28. The number of hydroxylamine groups is 1. The number of nitrogens with one attached hydrogen (secondary N) is 2. The predicted octanol–water partition coefficient (Wildman–Crippen LogP) is 3.68. The fourth-order valence-corrected chi connectivity index (χ4v) is 2.84. The summed E-state index contributed by atoms with van der Waals surface area (Å²) in [5.41, 5.74) is 3.25. The van der Waals surface area contributed by atoms with E-state index in [1.807, 2.05) is 54.6 Å². The van der Waals surface area contributed by atoms with E-state index < -0.39 is 12.0 Å². The number of carbonyl (C=O) groups is 2. The number of unbranched alkanes of at least 4 members (excludes halogenated alkanes) is 2. The summed E-state index contributed by atoms with van der Waals surface area (Å²) in [6.45, 7) is 0.289. The summed E-state index contributed by atoms with van der Waals surface area (Å²) in [7, 11) is 1.60. The molecule has 7 heteroatoms. The molecule has 0 saturated heterocycles. The average molecular weight is 400 g/mol. The Labute approximate surface area is 171 Å². The van der Waals surface area contributed by atoms with Crippen LogP contribution in [0.4, 0.5) is 5.69 Å². The van der Waals surface area contributed by atoms with Crippen molar-refractivity contribution in [2.24, 2.45) is 0 Å². The minimum absolute atomic E-state index is 0.202. The van der Waals surface area contributed by atoms with Crippen molar-refractivity contribution < 1.29 is 24.3 Å². The first-order chi connectivity index (χ1) is 14.1. The Morgan fingerprint density at radius 3 is 2.55 bits per heavy atom. The van der Waals surface area contributed by atoms with Crippen molar-refractivity contribution in [3.8, 4) is 5.75 Å². The van der Waals surface area contributed by atoms with E-state index >= 15 is 0 Å². The number of methoxy groups -OCH3 is 1. The highest BCUT2D eigenvalue weighted by atomic mass is 16.5. The summed E-state index contributed by atoms with van der Waals surface area (Å²) in [5, 5.41) is 11.4. The van der Waals surface area contributed by atoms with Gasteiger partial charge in [0.05, 0.1) is 13.7 Å².